The molecule has 1 aliphatic rings. The summed E-state index contributed by atoms with van der Waals surface area (Å²) in [6, 6.07) is 8.27. The Morgan fingerprint density at radius 3 is 2.95 bits per heavy atom. The van der Waals surface area contributed by atoms with Crippen molar-refractivity contribution < 1.29 is 4.74 Å². The molecule has 1 aliphatic heterocycles. The molecule has 0 bridgehead atoms. The summed E-state index contributed by atoms with van der Waals surface area (Å²) < 4.78 is 7.72. The van der Waals surface area contributed by atoms with Gasteiger partial charge in [0.2, 0.25) is 0 Å². The van der Waals surface area contributed by atoms with E-state index < -0.39 is 0 Å². The average Bonchev–Trinajstić information content (AvgIpc) is 3.07. The van der Waals surface area contributed by atoms with E-state index in [2.05, 4.69) is 33.8 Å². The van der Waals surface area contributed by atoms with Crippen LogP contribution in [-0.2, 0) is 11.8 Å². The van der Waals surface area contributed by atoms with Gasteiger partial charge in [-0.2, -0.15) is 0 Å². The molecule has 0 aliphatic carbocycles. The Kier molecular flexibility index (Phi) is 4.08. The van der Waals surface area contributed by atoms with Crippen LogP contribution in [0.5, 0.6) is 0 Å². The Morgan fingerprint density at radius 2 is 2.20 bits per heavy atom. The number of ether oxygens (including phenoxy) is 1. The number of nitrogens with zero attached hydrogens (tertiary/aromatic N) is 3. The van der Waals surface area contributed by atoms with Gasteiger partial charge in [0.25, 0.3) is 0 Å². The minimum atomic E-state index is 0.374. The number of rotatable bonds is 4. The molecular formula is C15H19N3OS. The molecule has 0 N–H and O–H groups in total. The average molecular weight is 289 g/mol. The van der Waals surface area contributed by atoms with Crippen LogP contribution in [0.2, 0.25) is 0 Å². The molecule has 20 heavy (non-hydrogen) atoms. The lowest BCUT2D eigenvalue weighted by Crippen LogP contribution is -2.08. The van der Waals surface area contributed by atoms with Crippen molar-refractivity contribution in [3.05, 3.63) is 29.8 Å². The molecule has 0 radical (unpaired) electrons. The second kappa shape index (κ2) is 5.97. The predicted octanol–water partition coefficient (Wildman–Crippen LogP) is 3.06. The Balaban J connectivity index is 1.76. The predicted molar refractivity (Wildman–Crippen MR) is 80.9 cm³/mol. The third-order valence-corrected chi connectivity index (χ3v) is 4.80. The van der Waals surface area contributed by atoms with E-state index in [4.69, 9.17) is 4.74 Å². The summed E-state index contributed by atoms with van der Waals surface area (Å²) in [4.78, 5) is 0. The highest BCUT2D eigenvalue weighted by Gasteiger charge is 2.18. The third-order valence-electron chi connectivity index (χ3n) is 3.64. The summed E-state index contributed by atoms with van der Waals surface area (Å²) in [5, 5.41) is 9.62. The first kappa shape index (κ1) is 13.6. The van der Waals surface area contributed by atoms with Gasteiger partial charge in [-0.3, -0.25) is 0 Å². The highest BCUT2D eigenvalue weighted by molar-refractivity contribution is 7.99. The summed E-state index contributed by atoms with van der Waals surface area (Å²) >= 11 is 1.73. The standard InChI is InChI=1S/C15H19N3OS/c1-11-6-3-4-8-13(11)14-16-17-15(18(14)2)20-10-12-7-5-9-19-12/h3-4,6,8,12H,5,7,9-10H2,1-2H3. The van der Waals surface area contributed by atoms with Gasteiger partial charge in [-0.05, 0) is 25.3 Å². The number of aromatic nitrogens is 3. The summed E-state index contributed by atoms with van der Waals surface area (Å²) in [5.74, 6) is 1.89. The summed E-state index contributed by atoms with van der Waals surface area (Å²) in [6.07, 6.45) is 2.71. The number of benzene rings is 1. The van der Waals surface area contributed by atoms with Crippen LogP contribution in [0.3, 0.4) is 0 Å². The summed E-state index contributed by atoms with van der Waals surface area (Å²) in [6.45, 7) is 3.00. The molecule has 5 heteroatoms. The molecular weight excluding hydrogens is 270 g/mol. The monoisotopic (exact) mass is 289 g/mol. The zero-order chi connectivity index (χ0) is 13.9. The minimum Gasteiger partial charge on any atom is -0.377 e. The fraction of sp³-hybridized carbons (Fsp3) is 0.467. The fourth-order valence-electron chi connectivity index (χ4n) is 2.44. The molecule has 2 heterocycles. The molecule has 106 valence electrons. The van der Waals surface area contributed by atoms with Gasteiger partial charge in [0.1, 0.15) is 0 Å². The first-order chi connectivity index (χ1) is 9.75. The maximum atomic E-state index is 5.65. The number of thioether (sulfide) groups is 1. The van der Waals surface area contributed by atoms with Gasteiger partial charge in [-0.1, -0.05) is 36.0 Å². The van der Waals surface area contributed by atoms with E-state index in [0.717, 1.165) is 35.3 Å². The maximum absolute atomic E-state index is 5.65. The smallest absolute Gasteiger partial charge is 0.191 e. The van der Waals surface area contributed by atoms with Crippen molar-refractivity contribution in [2.24, 2.45) is 7.05 Å². The van der Waals surface area contributed by atoms with Crippen molar-refractivity contribution in [3.63, 3.8) is 0 Å². The molecule has 1 unspecified atom stereocenters. The van der Waals surface area contributed by atoms with E-state index >= 15 is 0 Å². The van der Waals surface area contributed by atoms with Crippen LogP contribution in [0.25, 0.3) is 11.4 Å². The minimum absolute atomic E-state index is 0.374. The molecule has 1 fully saturated rings. The Morgan fingerprint density at radius 1 is 1.35 bits per heavy atom. The third kappa shape index (κ3) is 2.74. The largest absolute Gasteiger partial charge is 0.377 e. The molecule has 1 aromatic carbocycles. The second-order valence-corrected chi connectivity index (χ2v) is 6.11. The van der Waals surface area contributed by atoms with Gasteiger partial charge >= 0.3 is 0 Å². The van der Waals surface area contributed by atoms with Crippen molar-refractivity contribution in [2.45, 2.75) is 31.0 Å². The van der Waals surface area contributed by atoms with Gasteiger partial charge in [0.05, 0.1) is 6.10 Å². The lowest BCUT2D eigenvalue weighted by atomic mass is 10.1. The van der Waals surface area contributed by atoms with E-state index in [-0.39, 0.29) is 0 Å². The molecule has 2 aromatic rings. The maximum Gasteiger partial charge on any atom is 0.191 e. The normalized spacial score (nSPS) is 18.6. The van der Waals surface area contributed by atoms with Crippen molar-refractivity contribution in [2.75, 3.05) is 12.4 Å². The van der Waals surface area contributed by atoms with Gasteiger partial charge < -0.3 is 9.30 Å². The zero-order valence-electron chi connectivity index (χ0n) is 11.9. The molecule has 1 aromatic heterocycles. The first-order valence-electron chi connectivity index (χ1n) is 6.95. The van der Waals surface area contributed by atoms with Crippen LogP contribution >= 0.6 is 11.8 Å². The van der Waals surface area contributed by atoms with Crippen LogP contribution in [0.15, 0.2) is 29.4 Å². The molecule has 0 amide bonds. The van der Waals surface area contributed by atoms with Crippen LogP contribution in [0.1, 0.15) is 18.4 Å². The number of hydrogen-bond acceptors (Lipinski definition) is 4. The Hall–Kier alpha value is -1.33. The second-order valence-electron chi connectivity index (χ2n) is 5.13. The van der Waals surface area contributed by atoms with Crippen molar-refractivity contribution >= 4 is 11.8 Å². The van der Waals surface area contributed by atoms with E-state index in [1.54, 1.807) is 11.8 Å². The lowest BCUT2D eigenvalue weighted by molar-refractivity contribution is 0.129. The SMILES string of the molecule is Cc1ccccc1-c1nnc(SCC2CCCO2)n1C. The number of aryl methyl sites for hydroxylation is 1. The molecule has 0 spiro atoms. The first-order valence-corrected chi connectivity index (χ1v) is 7.94. The summed E-state index contributed by atoms with van der Waals surface area (Å²) in [5.41, 5.74) is 2.37. The van der Waals surface area contributed by atoms with Crippen molar-refractivity contribution in [1.82, 2.24) is 14.8 Å². The quantitative estimate of drug-likeness (QED) is 0.811. The van der Waals surface area contributed by atoms with Gasteiger partial charge in [-0.15, -0.1) is 10.2 Å². The van der Waals surface area contributed by atoms with E-state index in [1.807, 2.05) is 19.2 Å². The molecule has 3 rings (SSSR count). The van der Waals surface area contributed by atoms with Crippen molar-refractivity contribution in [1.29, 1.82) is 0 Å². The Labute approximate surface area is 123 Å². The van der Waals surface area contributed by atoms with Gasteiger partial charge in [0.15, 0.2) is 11.0 Å². The van der Waals surface area contributed by atoms with Gasteiger partial charge in [-0.25, -0.2) is 0 Å². The van der Waals surface area contributed by atoms with Crippen LogP contribution in [0.4, 0.5) is 0 Å². The van der Waals surface area contributed by atoms with Crippen LogP contribution < -0.4 is 0 Å². The molecule has 1 atom stereocenters. The molecule has 1 saturated heterocycles. The van der Waals surface area contributed by atoms with E-state index in [0.29, 0.717) is 6.10 Å². The van der Waals surface area contributed by atoms with Crippen LogP contribution in [0, 0.1) is 6.92 Å². The topological polar surface area (TPSA) is 39.9 Å². The highest BCUT2D eigenvalue weighted by Crippen LogP contribution is 2.27. The lowest BCUT2D eigenvalue weighted by Gasteiger charge is -2.09. The number of hydrogen-bond donors (Lipinski definition) is 0. The molecule has 0 saturated carbocycles. The van der Waals surface area contributed by atoms with E-state index in [9.17, 15) is 0 Å². The van der Waals surface area contributed by atoms with Crippen molar-refractivity contribution in [3.8, 4) is 11.4 Å². The van der Waals surface area contributed by atoms with E-state index in [1.165, 1.54) is 12.0 Å². The molecule has 4 nitrogen and oxygen atoms in total. The summed E-state index contributed by atoms with van der Waals surface area (Å²) in [7, 11) is 2.03. The van der Waals surface area contributed by atoms with Gasteiger partial charge in [0, 0.05) is 25.0 Å². The van der Waals surface area contributed by atoms with Crippen LogP contribution in [-0.4, -0.2) is 33.2 Å². The highest BCUT2D eigenvalue weighted by atomic mass is 32.2. The fourth-order valence-corrected chi connectivity index (χ4v) is 3.42. The zero-order valence-corrected chi connectivity index (χ0v) is 12.7. The Bertz CT molecular complexity index is 591.